The summed E-state index contributed by atoms with van der Waals surface area (Å²) >= 11 is 7.62. The van der Waals surface area contributed by atoms with Crippen LogP contribution in [0.15, 0.2) is 24.5 Å². The summed E-state index contributed by atoms with van der Waals surface area (Å²) < 4.78 is 1.04. The van der Waals surface area contributed by atoms with Gasteiger partial charge in [0.25, 0.3) is 0 Å². The molecule has 0 unspecified atom stereocenters. The Labute approximate surface area is 157 Å². The van der Waals surface area contributed by atoms with Crippen LogP contribution in [0.3, 0.4) is 0 Å². The van der Waals surface area contributed by atoms with E-state index >= 15 is 0 Å². The van der Waals surface area contributed by atoms with Crippen LogP contribution in [-0.2, 0) is 0 Å². The number of aromatic nitrogens is 3. The molecule has 9 nitrogen and oxygen atoms in total. The average Bonchev–Trinajstić information content (AvgIpc) is 3.04. The summed E-state index contributed by atoms with van der Waals surface area (Å²) in [6.07, 6.45) is 1.25. The van der Waals surface area contributed by atoms with Crippen LogP contribution >= 0.6 is 22.9 Å². The van der Waals surface area contributed by atoms with Gasteiger partial charge in [0.15, 0.2) is 5.13 Å². The number of fused-ring (bicyclic) bond motifs is 1. The van der Waals surface area contributed by atoms with Gasteiger partial charge in [-0.15, -0.1) is 0 Å². The lowest BCUT2D eigenvalue weighted by molar-refractivity contribution is -0.383. The van der Waals surface area contributed by atoms with Gasteiger partial charge in [-0.1, -0.05) is 22.9 Å². The first-order chi connectivity index (χ1) is 12.5. The number of nitrogen functional groups attached to an aromatic ring is 1. The summed E-state index contributed by atoms with van der Waals surface area (Å²) in [4.78, 5) is 27.2. The fraction of sp³-hybridized carbons (Fsp3) is 0.267. The van der Waals surface area contributed by atoms with Crippen molar-refractivity contribution >= 4 is 55.6 Å². The minimum Gasteiger partial charge on any atom is -0.378 e. The number of nitrogens with two attached hydrogens (primary N) is 1. The van der Waals surface area contributed by atoms with E-state index in [1.54, 1.807) is 11.3 Å². The van der Waals surface area contributed by atoms with E-state index < -0.39 is 4.92 Å². The van der Waals surface area contributed by atoms with Crippen molar-refractivity contribution in [3.05, 3.63) is 39.7 Å². The van der Waals surface area contributed by atoms with Gasteiger partial charge in [-0.3, -0.25) is 10.1 Å². The van der Waals surface area contributed by atoms with E-state index in [4.69, 9.17) is 17.3 Å². The summed E-state index contributed by atoms with van der Waals surface area (Å²) in [7, 11) is 0. The molecule has 1 aliphatic rings. The summed E-state index contributed by atoms with van der Waals surface area (Å²) in [5.74, 6) is 0.142. The quantitative estimate of drug-likeness (QED) is 0.535. The van der Waals surface area contributed by atoms with Gasteiger partial charge in [-0.25, -0.2) is 15.0 Å². The number of benzene rings is 1. The maximum absolute atomic E-state index is 11.3. The van der Waals surface area contributed by atoms with Crippen LogP contribution in [0.25, 0.3) is 10.2 Å². The van der Waals surface area contributed by atoms with Crippen LogP contribution in [0.1, 0.15) is 0 Å². The number of hydrogen-bond donors (Lipinski definition) is 1. The van der Waals surface area contributed by atoms with Crippen LogP contribution in [-0.4, -0.2) is 46.1 Å². The molecule has 0 radical (unpaired) electrons. The molecule has 26 heavy (non-hydrogen) atoms. The lowest BCUT2D eigenvalue weighted by Crippen LogP contribution is -2.47. The standard InChI is InChI=1S/C15H14ClN7O2S/c16-9-1-2-10-11(7-9)26-15(20-10)22-5-3-21(4-6-22)14-12(23(24)25)13(17)18-8-19-14/h1-2,7-8H,3-6H2,(H2,17,18,19). The molecular weight excluding hydrogens is 378 g/mol. The number of thiazole rings is 1. The Bertz CT molecular complexity index is 987. The molecule has 3 heterocycles. The van der Waals surface area contributed by atoms with Gasteiger partial charge < -0.3 is 15.5 Å². The SMILES string of the molecule is Nc1ncnc(N2CCN(c3nc4ccc(Cl)cc4s3)CC2)c1[N+](=O)[O-]. The maximum atomic E-state index is 11.3. The topological polar surface area (TPSA) is 114 Å². The zero-order chi connectivity index (χ0) is 18.3. The van der Waals surface area contributed by atoms with Crippen molar-refractivity contribution in [1.29, 1.82) is 0 Å². The van der Waals surface area contributed by atoms with Gasteiger partial charge in [-0.05, 0) is 18.2 Å². The Balaban J connectivity index is 1.54. The molecule has 0 atom stereocenters. The molecular formula is C15H14ClN7O2S. The van der Waals surface area contributed by atoms with Crippen molar-refractivity contribution in [2.75, 3.05) is 41.7 Å². The number of piperazine rings is 1. The van der Waals surface area contributed by atoms with Crippen molar-refractivity contribution in [3.8, 4) is 0 Å². The fourth-order valence-corrected chi connectivity index (χ4v) is 4.21. The molecule has 0 saturated carbocycles. The van der Waals surface area contributed by atoms with E-state index in [1.807, 2.05) is 23.1 Å². The highest BCUT2D eigenvalue weighted by molar-refractivity contribution is 7.22. The molecule has 2 N–H and O–H groups in total. The van der Waals surface area contributed by atoms with Crippen molar-refractivity contribution in [2.24, 2.45) is 0 Å². The summed E-state index contributed by atoms with van der Waals surface area (Å²) in [6.45, 7) is 2.51. The van der Waals surface area contributed by atoms with Crippen LogP contribution in [0.4, 0.5) is 22.5 Å². The first-order valence-corrected chi connectivity index (χ1v) is 9.03. The Hall–Kier alpha value is -2.72. The van der Waals surface area contributed by atoms with E-state index in [0.29, 0.717) is 31.2 Å². The number of nitro groups is 1. The smallest absolute Gasteiger partial charge is 0.353 e. The Kier molecular flexibility index (Phi) is 4.21. The predicted molar refractivity (Wildman–Crippen MR) is 102 cm³/mol. The highest BCUT2D eigenvalue weighted by Gasteiger charge is 2.28. The maximum Gasteiger partial charge on any atom is 0.353 e. The highest BCUT2D eigenvalue weighted by Crippen LogP contribution is 2.33. The molecule has 0 aliphatic carbocycles. The minimum atomic E-state index is -0.533. The Morgan fingerprint density at radius 3 is 2.65 bits per heavy atom. The van der Waals surface area contributed by atoms with E-state index in [1.165, 1.54) is 6.33 Å². The van der Waals surface area contributed by atoms with Crippen LogP contribution in [0.2, 0.25) is 5.02 Å². The monoisotopic (exact) mass is 391 g/mol. The first-order valence-electron chi connectivity index (χ1n) is 7.84. The van der Waals surface area contributed by atoms with E-state index in [0.717, 1.165) is 15.3 Å². The van der Waals surface area contributed by atoms with E-state index in [9.17, 15) is 10.1 Å². The largest absolute Gasteiger partial charge is 0.378 e. The van der Waals surface area contributed by atoms with Gasteiger partial charge in [0.2, 0.25) is 11.6 Å². The molecule has 0 bridgehead atoms. The van der Waals surface area contributed by atoms with Crippen LogP contribution in [0.5, 0.6) is 0 Å². The first kappa shape index (κ1) is 16.7. The third-order valence-corrected chi connectivity index (χ3v) is 5.52. The summed E-state index contributed by atoms with van der Waals surface area (Å²) in [5, 5.41) is 12.9. The van der Waals surface area contributed by atoms with Gasteiger partial charge in [0.1, 0.15) is 6.33 Å². The summed E-state index contributed by atoms with van der Waals surface area (Å²) in [5.41, 5.74) is 6.33. The van der Waals surface area contributed by atoms with Crippen LogP contribution < -0.4 is 15.5 Å². The summed E-state index contributed by atoms with van der Waals surface area (Å²) in [6, 6.07) is 5.63. The zero-order valence-corrected chi connectivity index (χ0v) is 15.1. The van der Waals surface area contributed by atoms with Crippen molar-refractivity contribution in [2.45, 2.75) is 0 Å². The zero-order valence-electron chi connectivity index (χ0n) is 13.5. The number of nitrogens with zero attached hydrogens (tertiary/aromatic N) is 6. The average molecular weight is 392 g/mol. The highest BCUT2D eigenvalue weighted by atomic mass is 35.5. The number of hydrogen-bond acceptors (Lipinski definition) is 9. The second kappa shape index (κ2) is 6.54. The van der Waals surface area contributed by atoms with Gasteiger partial charge in [0, 0.05) is 31.2 Å². The number of rotatable bonds is 3. The molecule has 4 rings (SSSR count). The van der Waals surface area contributed by atoms with Gasteiger partial charge >= 0.3 is 5.69 Å². The minimum absolute atomic E-state index is 0.120. The van der Waals surface area contributed by atoms with Crippen molar-refractivity contribution < 1.29 is 4.92 Å². The molecule has 0 spiro atoms. The second-order valence-electron chi connectivity index (χ2n) is 5.77. The van der Waals surface area contributed by atoms with Gasteiger partial charge in [0.05, 0.1) is 15.1 Å². The molecule has 1 fully saturated rings. The molecule has 11 heteroatoms. The molecule has 1 aromatic carbocycles. The lowest BCUT2D eigenvalue weighted by Gasteiger charge is -2.34. The lowest BCUT2D eigenvalue weighted by atomic mass is 10.3. The number of anilines is 3. The molecule has 0 amide bonds. The molecule has 2 aromatic heterocycles. The third-order valence-electron chi connectivity index (χ3n) is 4.20. The fourth-order valence-electron chi connectivity index (χ4n) is 2.92. The van der Waals surface area contributed by atoms with E-state index in [-0.39, 0.29) is 17.3 Å². The molecule has 1 aliphatic heterocycles. The Morgan fingerprint density at radius 1 is 1.19 bits per heavy atom. The predicted octanol–water partition coefficient (Wildman–Crippen LogP) is 2.56. The third kappa shape index (κ3) is 2.97. The Morgan fingerprint density at radius 2 is 1.92 bits per heavy atom. The van der Waals surface area contributed by atoms with Gasteiger partial charge in [-0.2, -0.15) is 0 Å². The van der Waals surface area contributed by atoms with Crippen molar-refractivity contribution in [3.63, 3.8) is 0 Å². The van der Waals surface area contributed by atoms with E-state index in [2.05, 4.69) is 19.9 Å². The number of halogens is 1. The van der Waals surface area contributed by atoms with Crippen molar-refractivity contribution in [1.82, 2.24) is 15.0 Å². The molecule has 3 aromatic rings. The normalized spacial score (nSPS) is 14.8. The molecule has 134 valence electrons. The van der Waals surface area contributed by atoms with Crippen LogP contribution in [0, 0.1) is 10.1 Å². The molecule has 1 saturated heterocycles. The second-order valence-corrected chi connectivity index (χ2v) is 7.22.